The lowest BCUT2D eigenvalue weighted by molar-refractivity contribution is -0.122. The number of nitrogens with zero attached hydrogens (tertiary/aromatic N) is 2. The first kappa shape index (κ1) is 20.8. The molecule has 0 radical (unpaired) electrons. The number of thiophene rings is 1. The van der Waals surface area contributed by atoms with Crippen LogP contribution >= 0.6 is 11.3 Å². The summed E-state index contributed by atoms with van der Waals surface area (Å²) in [5, 5.41) is 5.43. The van der Waals surface area contributed by atoms with E-state index in [-0.39, 0.29) is 16.0 Å². The largest absolute Gasteiger partial charge is 0.355 e. The Balaban J connectivity index is 1.98. The molecule has 0 atom stereocenters. The van der Waals surface area contributed by atoms with E-state index in [0.717, 1.165) is 4.88 Å². The van der Waals surface area contributed by atoms with E-state index in [0.29, 0.717) is 52.2 Å². The lowest BCUT2D eigenvalue weighted by Crippen LogP contribution is -2.39. The zero-order valence-electron chi connectivity index (χ0n) is 15.2. The molecule has 0 aromatic carbocycles. The quantitative estimate of drug-likeness (QED) is 0.680. The van der Waals surface area contributed by atoms with Crippen LogP contribution in [0.15, 0.2) is 16.3 Å². The molecule has 2 N–H and O–H groups in total. The van der Waals surface area contributed by atoms with Gasteiger partial charge in [-0.25, -0.2) is 8.42 Å². The molecule has 26 heavy (non-hydrogen) atoms. The minimum Gasteiger partial charge on any atom is -0.355 e. The van der Waals surface area contributed by atoms with Crippen molar-refractivity contribution in [2.45, 2.75) is 31.0 Å². The second kappa shape index (κ2) is 9.45. The van der Waals surface area contributed by atoms with Gasteiger partial charge in [0.05, 0.1) is 13.1 Å². The maximum atomic E-state index is 12.9. The molecule has 0 aliphatic carbocycles. The molecule has 2 rings (SSSR count). The Bertz CT molecular complexity index is 732. The van der Waals surface area contributed by atoms with Crippen LogP contribution in [0, 0.1) is 0 Å². The molecule has 0 bridgehead atoms. The molecule has 146 valence electrons. The molecule has 0 unspecified atom stereocenters. The first-order valence-corrected chi connectivity index (χ1v) is 10.9. The first-order chi connectivity index (χ1) is 12.3. The summed E-state index contributed by atoms with van der Waals surface area (Å²) in [5.74, 6) is -0.188. The van der Waals surface area contributed by atoms with Crippen LogP contribution in [-0.4, -0.2) is 68.7 Å². The molecule has 0 saturated carbocycles. The molecule has 1 aliphatic rings. The van der Waals surface area contributed by atoms with Gasteiger partial charge in [-0.3, -0.25) is 14.5 Å². The fourth-order valence-corrected chi connectivity index (χ4v) is 5.65. The normalized spacial score (nSPS) is 16.8. The molecule has 1 aliphatic heterocycles. The van der Waals surface area contributed by atoms with Gasteiger partial charge in [-0.2, -0.15) is 4.31 Å². The van der Waals surface area contributed by atoms with Crippen molar-refractivity contribution in [3.8, 4) is 0 Å². The van der Waals surface area contributed by atoms with Crippen LogP contribution in [-0.2, 0) is 26.2 Å². The van der Waals surface area contributed by atoms with Gasteiger partial charge < -0.3 is 10.6 Å². The summed E-state index contributed by atoms with van der Waals surface area (Å²) in [6.45, 7) is 6.53. The van der Waals surface area contributed by atoms with Crippen molar-refractivity contribution in [3.63, 3.8) is 0 Å². The number of sulfonamides is 1. The van der Waals surface area contributed by atoms with Crippen LogP contribution in [0.5, 0.6) is 0 Å². The van der Waals surface area contributed by atoms with Gasteiger partial charge in [0, 0.05) is 38.0 Å². The van der Waals surface area contributed by atoms with Gasteiger partial charge in [0.25, 0.3) is 10.0 Å². The van der Waals surface area contributed by atoms with E-state index in [4.69, 9.17) is 0 Å². The van der Waals surface area contributed by atoms with Crippen molar-refractivity contribution in [2.75, 3.05) is 39.3 Å². The highest BCUT2D eigenvalue weighted by atomic mass is 32.2. The topological polar surface area (TPSA) is 98.8 Å². The summed E-state index contributed by atoms with van der Waals surface area (Å²) in [6.07, 6.45) is 0.683. The van der Waals surface area contributed by atoms with Crippen LogP contribution in [0.25, 0.3) is 0 Å². The summed E-state index contributed by atoms with van der Waals surface area (Å²) in [4.78, 5) is 25.5. The number of hydrogen-bond donors (Lipinski definition) is 2. The number of carbonyl (C=O) groups is 2. The lowest BCUT2D eigenvalue weighted by atomic mass is 10.4. The van der Waals surface area contributed by atoms with Crippen LogP contribution in [0.4, 0.5) is 0 Å². The lowest BCUT2D eigenvalue weighted by Gasteiger charge is -2.20. The van der Waals surface area contributed by atoms with Gasteiger partial charge in [0.2, 0.25) is 11.8 Å². The van der Waals surface area contributed by atoms with Gasteiger partial charge in [-0.1, -0.05) is 0 Å². The molecular formula is C16H26N4O4S2. The first-order valence-electron chi connectivity index (χ1n) is 8.65. The summed E-state index contributed by atoms with van der Waals surface area (Å²) in [7, 11) is -3.55. The second-order valence-corrected chi connectivity index (χ2v) is 9.45. The molecule has 1 aromatic rings. The number of rotatable bonds is 7. The Morgan fingerprint density at radius 2 is 1.92 bits per heavy atom. The van der Waals surface area contributed by atoms with Gasteiger partial charge in [0.15, 0.2) is 0 Å². The van der Waals surface area contributed by atoms with Gasteiger partial charge >= 0.3 is 0 Å². The van der Waals surface area contributed by atoms with Crippen LogP contribution in [0.2, 0.25) is 0 Å². The van der Waals surface area contributed by atoms with Crippen molar-refractivity contribution in [1.29, 1.82) is 0 Å². The highest BCUT2D eigenvalue weighted by molar-refractivity contribution is 7.91. The van der Waals surface area contributed by atoms with E-state index >= 15 is 0 Å². The van der Waals surface area contributed by atoms with Crippen LogP contribution in [0.3, 0.4) is 0 Å². The summed E-state index contributed by atoms with van der Waals surface area (Å²) in [6, 6.07) is 3.32. The van der Waals surface area contributed by atoms with Crippen molar-refractivity contribution in [2.24, 2.45) is 0 Å². The van der Waals surface area contributed by atoms with Crippen LogP contribution in [0.1, 0.15) is 25.1 Å². The highest BCUT2D eigenvalue weighted by Crippen LogP contribution is 2.25. The number of likely N-dealkylation sites (N-methyl/N-ethyl adjacent to an activating group) is 1. The smallest absolute Gasteiger partial charge is 0.252 e. The molecule has 0 spiro atoms. The Hall–Kier alpha value is -1.49. The third kappa shape index (κ3) is 5.76. The maximum absolute atomic E-state index is 12.9. The molecular weight excluding hydrogens is 376 g/mol. The van der Waals surface area contributed by atoms with E-state index in [1.807, 2.05) is 11.8 Å². The predicted molar refractivity (Wildman–Crippen MR) is 100 cm³/mol. The Kier molecular flexibility index (Phi) is 7.56. The van der Waals surface area contributed by atoms with Crippen molar-refractivity contribution >= 4 is 33.2 Å². The SMILES string of the molecule is CCNC(=O)CN1CCCN(S(=O)(=O)c2ccc(CNC(C)=O)s2)CC1. The number of carbonyl (C=O) groups excluding carboxylic acids is 2. The molecule has 1 aromatic heterocycles. The Morgan fingerprint density at radius 3 is 2.62 bits per heavy atom. The van der Waals surface area contributed by atoms with Gasteiger partial charge in [-0.05, 0) is 32.0 Å². The number of nitrogens with one attached hydrogen (secondary N) is 2. The van der Waals surface area contributed by atoms with E-state index in [9.17, 15) is 18.0 Å². The fraction of sp³-hybridized carbons (Fsp3) is 0.625. The van der Waals surface area contributed by atoms with Gasteiger partial charge in [0.1, 0.15) is 4.21 Å². The third-order valence-electron chi connectivity index (χ3n) is 4.03. The van der Waals surface area contributed by atoms with E-state index < -0.39 is 10.0 Å². The Morgan fingerprint density at radius 1 is 1.15 bits per heavy atom. The molecule has 10 heteroatoms. The number of amides is 2. The Labute approximate surface area is 158 Å². The van der Waals surface area contributed by atoms with Gasteiger partial charge in [-0.15, -0.1) is 11.3 Å². The minimum atomic E-state index is -3.55. The minimum absolute atomic E-state index is 0.0373. The predicted octanol–water partition coefficient (Wildman–Crippen LogP) is 0.217. The fourth-order valence-electron chi connectivity index (χ4n) is 2.73. The van der Waals surface area contributed by atoms with Crippen LogP contribution < -0.4 is 10.6 Å². The van der Waals surface area contributed by atoms with Crippen molar-refractivity contribution < 1.29 is 18.0 Å². The zero-order valence-corrected chi connectivity index (χ0v) is 16.8. The monoisotopic (exact) mass is 402 g/mol. The maximum Gasteiger partial charge on any atom is 0.252 e. The average molecular weight is 403 g/mol. The molecule has 1 fully saturated rings. The standard InChI is InChI=1S/C16H26N4O4S2/c1-3-17-15(22)12-19-7-4-8-20(10-9-19)26(23,24)16-6-5-14(25-16)11-18-13(2)21/h5-6H,3-4,7-12H2,1-2H3,(H,17,22)(H,18,21). The van der Waals surface area contributed by atoms with Crippen molar-refractivity contribution in [3.05, 3.63) is 17.0 Å². The summed E-state index contributed by atoms with van der Waals surface area (Å²) < 4.78 is 27.5. The van der Waals surface area contributed by atoms with E-state index in [1.54, 1.807) is 12.1 Å². The van der Waals surface area contributed by atoms with E-state index in [2.05, 4.69) is 10.6 Å². The second-order valence-electron chi connectivity index (χ2n) is 6.12. The van der Waals surface area contributed by atoms with E-state index in [1.165, 1.54) is 22.6 Å². The molecule has 2 heterocycles. The number of hydrogen-bond acceptors (Lipinski definition) is 6. The molecule has 8 nitrogen and oxygen atoms in total. The van der Waals surface area contributed by atoms with Crippen molar-refractivity contribution in [1.82, 2.24) is 19.8 Å². The molecule has 1 saturated heterocycles. The highest BCUT2D eigenvalue weighted by Gasteiger charge is 2.28. The zero-order chi connectivity index (χ0) is 19.2. The molecule has 2 amide bonds. The average Bonchev–Trinajstić information content (AvgIpc) is 2.93. The third-order valence-corrected chi connectivity index (χ3v) is 7.48. The summed E-state index contributed by atoms with van der Waals surface area (Å²) >= 11 is 1.18. The summed E-state index contributed by atoms with van der Waals surface area (Å²) in [5.41, 5.74) is 0.